The molecule has 7 heteroatoms. The van der Waals surface area contributed by atoms with Gasteiger partial charge in [0.15, 0.2) is 0 Å². The van der Waals surface area contributed by atoms with Crippen molar-refractivity contribution in [2.45, 2.75) is 19.8 Å². The molecule has 116 valence electrons. The molecule has 0 aromatic carbocycles. The second-order valence-corrected chi connectivity index (χ2v) is 5.28. The van der Waals surface area contributed by atoms with Gasteiger partial charge in [0.25, 0.3) is 5.91 Å². The van der Waals surface area contributed by atoms with Crippen LogP contribution in [0.3, 0.4) is 0 Å². The van der Waals surface area contributed by atoms with Crippen LogP contribution in [-0.4, -0.2) is 69.3 Å². The van der Waals surface area contributed by atoms with Crippen molar-refractivity contribution in [1.82, 2.24) is 19.6 Å². The number of carboxylic acid groups (broad SMARTS) is 1. The maximum Gasteiger partial charge on any atom is 0.304 e. The number of carbonyl (C=O) groups excluding carboxylic acids is 1. The van der Waals surface area contributed by atoms with E-state index < -0.39 is 5.97 Å². The molecule has 1 amide bonds. The Labute approximate surface area is 124 Å². The first-order valence-corrected chi connectivity index (χ1v) is 7.27. The molecule has 0 atom stereocenters. The Morgan fingerprint density at radius 1 is 1.29 bits per heavy atom. The molecule has 0 radical (unpaired) electrons. The van der Waals surface area contributed by atoms with E-state index in [4.69, 9.17) is 5.11 Å². The Kier molecular flexibility index (Phi) is 4.95. The Hall–Kier alpha value is -1.89. The van der Waals surface area contributed by atoms with E-state index in [1.165, 1.54) is 0 Å². The van der Waals surface area contributed by atoms with Gasteiger partial charge in [0.05, 0.1) is 12.1 Å². The highest BCUT2D eigenvalue weighted by Gasteiger charge is 2.24. The first kappa shape index (κ1) is 15.5. The molecule has 1 fully saturated rings. The van der Waals surface area contributed by atoms with Crippen molar-refractivity contribution >= 4 is 11.9 Å². The Morgan fingerprint density at radius 2 is 1.95 bits per heavy atom. The maximum absolute atomic E-state index is 12.5. The summed E-state index contributed by atoms with van der Waals surface area (Å²) in [6.07, 6.45) is 0.958. The highest BCUT2D eigenvalue weighted by molar-refractivity contribution is 5.92. The number of aromatic nitrogens is 2. The number of hydrogen-bond donors (Lipinski definition) is 1. The monoisotopic (exact) mass is 294 g/mol. The van der Waals surface area contributed by atoms with Gasteiger partial charge >= 0.3 is 5.97 Å². The number of rotatable bonds is 5. The number of amides is 1. The molecule has 2 rings (SSSR count). The van der Waals surface area contributed by atoms with Crippen molar-refractivity contribution in [1.29, 1.82) is 0 Å². The van der Waals surface area contributed by atoms with Crippen LogP contribution in [0.2, 0.25) is 0 Å². The first-order chi connectivity index (χ1) is 10.0. The van der Waals surface area contributed by atoms with Gasteiger partial charge in [-0.25, -0.2) is 0 Å². The molecule has 0 aliphatic carbocycles. The fraction of sp³-hybridized carbons (Fsp3) is 0.643. The number of aliphatic carboxylic acids is 1. The van der Waals surface area contributed by atoms with E-state index in [2.05, 4.69) is 10.00 Å². The van der Waals surface area contributed by atoms with E-state index in [-0.39, 0.29) is 12.3 Å². The predicted octanol–water partition coefficient (Wildman–Crippen LogP) is 0.215. The molecule has 0 spiro atoms. The third-order valence-electron chi connectivity index (χ3n) is 3.81. The lowest BCUT2D eigenvalue weighted by Gasteiger charge is -2.34. The summed E-state index contributed by atoms with van der Waals surface area (Å²) in [5.41, 5.74) is 1.53. The maximum atomic E-state index is 12.5. The Bertz CT molecular complexity index is 518. The van der Waals surface area contributed by atoms with E-state index in [0.717, 1.165) is 25.2 Å². The van der Waals surface area contributed by atoms with Crippen LogP contribution < -0.4 is 0 Å². The van der Waals surface area contributed by atoms with E-state index in [0.29, 0.717) is 25.3 Å². The first-order valence-electron chi connectivity index (χ1n) is 7.27. The number of aryl methyl sites for hydroxylation is 2. The summed E-state index contributed by atoms with van der Waals surface area (Å²) in [4.78, 5) is 26.9. The van der Waals surface area contributed by atoms with Crippen molar-refractivity contribution in [2.75, 3.05) is 32.7 Å². The van der Waals surface area contributed by atoms with Gasteiger partial charge in [-0.2, -0.15) is 5.10 Å². The van der Waals surface area contributed by atoms with Crippen LogP contribution >= 0.6 is 0 Å². The van der Waals surface area contributed by atoms with Gasteiger partial charge in [-0.1, -0.05) is 6.92 Å². The van der Waals surface area contributed by atoms with E-state index in [1.54, 1.807) is 11.7 Å². The number of piperazine rings is 1. The summed E-state index contributed by atoms with van der Waals surface area (Å²) in [5, 5.41) is 13.0. The van der Waals surface area contributed by atoms with Gasteiger partial charge in [-0.05, 0) is 12.5 Å². The van der Waals surface area contributed by atoms with Crippen LogP contribution in [0.25, 0.3) is 0 Å². The van der Waals surface area contributed by atoms with Gasteiger partial charge in [-0.15, -0.1) is 0 Å². The number of hydrogen-bond acceptors (Lipinski definition) is 4. The van der Waals surface area contributed by atoms with E-state index in [1.807, 2.05) is 17.9 Å². The standard InChI is InChI=1S/C14H22N4O3/c1-3-11-10-12(16(2)15-11)14(21)18-8-6-17(7-9-18)5-4-13(19)20/h10H,3-9H2,1-2H3,(H,19,20). The summed E-state index contributed by atoms with van der Waals surface area (Å²) >= 11 is 0. The molecule has 1 saturated heterocycles. The molecule has 21 heavy (non-hydrogen) atoms. The Morgan fingerprint density at radius 3 is 2.48 bits per heavy atom. The SMILES string of the molecule is CCc1cc(C(=O)N2CCN(CCC(=O)O)CC2)n(C)n1. The third-order valence-corrected chi connectivity index (χ3v) is 3.81. The van der Waals surface area contributed by atoms with Crippen LogP contribution in [0.4, 0.5) is 0 Å². The smallest absolute Gasteiger partial charge is 0.304 e. The van der Waals surface area contributed by atoms with Crippen molar-refractivity contribution in [3.63, 3.8) is 0 Å². The van der Waals surface area contributed by atoms with E-state index >= 15 is 0 Å². The van der Waals surface area contributed by atoms with Gasteiger partial charge in [0.1, 0.15) is 5.69 Å². The fourth-order valence-electron chi connectivity index (χ4n) is 2.49. The van der Waals surface area contributed by atoms with Crippen molar-refractivity contribution in [3.8, 4) is 0 Å². The average Bonchev–Trinajstić information content (AvgIpc) is 2.86. The molecule has 7 nitrogen and oxygen atoms in total. The summed E-state index contributed by atoms with van der Waals surface area (Å²) in [6, 6.07) is 1.85. The normalized spacial score (nSPS) is 16.2. The molecule has 0 bridgehead atoms. The number of carbonyl (C=O) groups is 2. The summed E-state index contributed by atoms with van der Waals surface area (Å²) in [5.74, 6) is -0.780. The van der Waals surface area contributed by atoms with Crippen LogP contribution in [0.5, 0.6) is 0 Å². The molecule has 1 aliphatic rings. The van der Waals surface area contributed by atoms with Gasteiger partial charge in [0.2, 0.25) is 0 Å². The summed E-state index contributed by atoms with van der Waals surface area (Å²) in [6.45, 7) is 5.26. The molecular weight excluding hydrogens is 272 g/mol. The third kappa shape index (κ3) is 3.81. The van der Waals surface area contributed by atoms with Gasteiger partial charge < -0.3 is 10.0 Å². The molecule has 0 saturated carbocycles. The van der Waals surface area contributed by atoms with Crippen LogP contribution in [-0.2, 0) is 18.3 Å². The molecule has 0 unspecified atom stereocenters. The molecule has 1 aliphatic heterocycles. The van der Waals surface area contributed by atoms with E-state index in [9.17, 15) is 9.59 Å². The number of carboxylic acids is 1. The minimum absolute atomic E-state index is 0.00239. The topological polar surface area (TPSA) is 78.7 Å². The second kappa shape index (κ2) is 6.71. The molecule has 1 aromatic rings. The minimum atomic E-state index is -0.782. The molecule has 1 aromatic heterocycles. The lowest BCUT2D eigenvalue weighted by Crippen LogP contribution is -2.49. The van der Waals surface area contributed by atoms with Gasteiger partial charge in [0, 0.05) is 39.8 Å². The quantitative estimate of drug-likeness (QED) is 0.840. The lowest BCUT2D eigenvalue weighted by molar-refractivity contribution is -0.137. The zero-order valence-electron chi connectivity index (χ0n) is 12.6. The predicted molar refractivity (Wildman–Crippen MR) is 77.2 cm³/mol. The summed E-state index contributed by atoms with van der Waals surface area (Å²) < 4.78 is 1.64. The van der Waals surface area contributed by atoms with Crippen molar-refractivity contribution in [2.24, 2.45) is 7.05 Å². The zero-order valence-corrected chi connectivity index (χ0v) is 12.6. The lowest BCUT2D eigenvalue weighted by atomic mass is 10.2. The van der Waals surface area contributed by atoms with Crippen LogP contribution in [0.1, 0.15) is 29.5 Å². The zero-order chi connectivity index (χ0) is 15.4. The fourth-order valence-corrected chi connectivity index (χ4v) is 2.49. The number of nitrogens with zero attached hydrogens (tertiary/aromatic N) is 4. The average molecular weight is 294 g/mol. The van der Waals surface area contributed by atoms with Crippen LogP contribution in [0.15, 0.2) is 6.07 Å². The largest absolute Gasteiger partial charge is 0.481 e. The highest BCUT2D eigenvalue weighted by Crippen LogP contribution is 2.10. The second-order valence-electron chi connectivity index (χ2n) is 5.28. The molecule has 2 heterocycles. The highest BCUT2D eigenvalue weighted by atomic mass is 16.4. The molecule has 1 N–H and O–H groups in total. The summed E-state index contributed by atoms with van der Waals surface area (Å²) in [7, 11) is 1.79. The molecular formula is C14H22N4O3. The van der Waals surface area contributed by atoms with Crippen LogP contribution in [0, 0.1) is 0 Å². The minimum Gasteiger partial charge on any atom is -0.481 e. The van der Waals surface area contributed by atoms with Gasteiger partial charge in [-0.3, -0.25) is 19.2 Å². The Balaban J connectivity index is 1.90. The van der Waals surface area contributed by atoms with Crippen molar-refractivity contribution < 1.29 is 14.7 Å². The van der Waals surface area contributed by atoms with Crippen molar-refractivity contribution in [3.05, 3.63) is 17.5 Å².